The molecule has 0 spiro atoms. The third-order valence-corrected chi connectivity index (χ3v) is 0. The van der Waals surface area contributed by atoms with E-state index in [0.29, 0.717) is 0 Å². The number of hydrogen-bond donors (Lipinski definition) is 0. The molecule has 0 aliphatic heterocycles. The van der Waals surface area contributed by atoms with Crippen molar-refractivity contribution < 1.29 is 73.8 Å². The normalized spacial score (nSPS) is 0. The predicted octanol–water partition coefficient (Wildman–Crippen LogP) is -0.0100. The molecule has 4 heteroatoms. The summed E-state index contributed by atoms with van der Waals surface area (Å²) in [5.41, 5.74) is 0. The van der Waals surface area contributed by atoms with Crippen LogP contribution in [-0.2, 0) is 73.8 Å². The molecule has 0 saturated carbocycles. The van der Waals surface area contributed by atoms with Crippen LogP contribution in [0.5, 0.6) is 0 Å². The zero-order chi connectivity index (χ0) is 0. The maximum atomic E-state index is 0. The Bertz CT molecular complexity index is 3.25. The maximum absolute atomic E-state index is 0. The fourth-order valence-electron chi connectivity index (χ4n) is 0. The summed E-state index contributed by atoms with van der Waals surface area (Å²) in [4.78, 5) is 0. The predicted molar refractivity (Wildman–Crippen MR) is 0 cm³/mol. The standard InChI is InChI=1S/3Cr.Ti. The molecule has 0 aliphatic rings. The van der Waals surface area contributed by atoms with Crippen LogP contribution in [0.3, 0.4) is 0 Å². The summed E-state index contributed by atoms with van der Waals surface area (Å²) in [6.07, 6.45) is 0. The van der Waals surface area contributed by atoms with E-state index in [4.69, 9.17) is 0 Å². The van der Waals surface area contributed by atoms with E-state index in [-0.39, 0.29) is 73.8 Å². The van der Waals surface area contributed by atoms with Crippen LogP contribution in [0.4, 0.5) is 0 Å². The van der Waals surface area contributed by atoms with Crippen molar-refractivity contribution in [1.82, 2.24) is 0 Å². The Morgan fingerprint density at radius 1 is 0.500 bits per heavy atom. The Morgan fingerprint density at radius 2 is 0.500 bits per heavy atom. The van der Waals surface area contributed by atoms with Crippen molar-refractivity contribution in [3.63, 3.8) is 0 Å². The molecule has 0 amide bonds. The molecular weight excluding hydrogens is 204 g/mol. The summed E-state index contributed by atoms with van der Waals surface area (Å²) in [5.74, 6) is 0. The second kappa shape index (κ2) is 18.5. The van der Waals surface area contributed by atoms with Crippen LogP contribution in [0.25, 0.3) is 0 Å². The summed E-state index contributed by atoms with van der Waals surface area (Å²) in [6, 6.07) is 0. The summed E-state index contributed by atoms with van der Waals surface area (Å²) < 4.78 is 0. The molecule has 0 N–H and O–H groups in total. The fourth-order valence-corrected chi connectivity index (χ4v) is 0. The first-order valence-electron chi connectivity index (χ1n) is 0. The minimum atomic E-state index is 0. The van der Waals surface area contributed by atoms with Gasteiger partial charge in [-0.25, -0.2) is 0 Å². The smallest absolute Gasteiger partial charge is 0 e. The monoisotopic (exact) mass is 204 g/mol. The van der Waals surface area contributed by atoms with Gasteiger partial charge in [-0.15, -0.1) is 0 Å². The zero-order valence-electron chi connectivity index (χ0n) is 1.72. The van der Waals surface area contributed by atoms with Gasteiger partial charge >= 0.3 is 0 Å². The van der Waals surface area contributed by atoms with E-state index in [1.54, 1.807) is 0 Å². The molecule has 0 atom stereocenters. The molecule has 0 nitrogen and oxygen atoms in total. The van der Waals surface area contributed by atoms with Crippen molar-refractivity contribution in [2.75, 3.05) is 0 Å². The number of rotatable bonds is 0. The summed E-state index contributed by atoms with van der Waals surface area (Å²) >= 11 is 0. The Labute approximate surface area is 73.0 Å². The van der Waals surface area contributed by atoms with Crippen molar-refractivity contribution in [3.8, 4) is 0 Å². The third-order valence-electron chi connectivity index (χ3n) is 0. The van der Waals surface area contributed by atoms with Crippen LogP contribution in [0, 0.1) is 0 Å². The average molecular weight is 204 g/mol. The Kier molecular flexibility index (Phi) is 154. The summed E-state index contributed by atoms with van der Waals surface area (Å²) in [6.45, 7) is 0. The zero-order valence-corrected chi connectivity index (χ0v) is 7.11. The first kappa shape index (κ1) is 33.3. The van der Waals surface area contributed by atoms with Crippen molar-refractivity contribution in [1.29, 1.82) is 0 Å². The van der Waals surface area contributed by atoms with Gasteiger partial charge < -0.3 is 0 Å². The van der Waals surface area contributed by atoms with Crippen molar-refractivity contribution in [2.24, 2.45) is 0 Å². The van der Waals surface area contributed by atoms with E-state index in [1.165, 1.54) is 0 Å². The second-order valence-electron chi connectivity index (χ2n) is 0. The van der Waals surface area contributed by atoms with Gasteiger partial charge in [0.05, 0.1) is 0 Å². The Morgan fingerprint density at radius 3 is 0.500 bits per heavy atom. The van der Waals surface area contributed by atoms with E-state index in [1.807, 2.05) is 0 Å². The third kappa shape index (κ3) is 8.85. The van der Waals surface area contributed by atoms with Gasteiger partial charge in [-0.3, -0.25) is 0 Å². The van der Waals surface area contributed by atoms with Gasteiger partial charge in [0.2, 0.25) is 0 Å². The average Bonchev–Trinajstić information content (AvgIpc) is 0. The molecule has 0 fully saturated rings. The van der Waals surface area contributed by atoms with Crippen molar-refractivity contribution >= 4 is 0 Å². The van der Waals surface area contributed by atoms with Gasteiger partial charge in [-0.1, -0.05) is 0 Å². The van der Waals surface area contributed by atoms with Gasteiger partial charge in [0.25, 0.3) is 0 Å². The topological polar surface area (TPSA) is 0 Å². The van der Waals surface area contributed by atoms with Gasteiger partial charge in [0, 0.05) is 73.8 Å². The van der Waals surface area contributed by atoms with Crippen LogP contribution in [-0.4, -0.2) is 0 Å². The van der Waals surface area contributed by atoms with Gasteiger partial charge in [0.15, 0.2) is 0 Å². The largest absolute Gasteiger partial charge is 0 e. The van der Waals surface area contributed by atoms with Crippen LogP contribution < -0.4 is 0 Å². The van der Waals surface area contributed by atoms with Crippen LogP contribution in [0.1, 0.15) is 0 Å². The molecule has 0 aliphatic carbocycles. The van der Waals surface area contributed by atoms with E-state index in [2.05, 4.69) is 0 Å². The fraction of sp³-hybridized carbons (Fsp3) is 0. The van der Waals surface area contributed by atoms with Gasteiger partial charge in [-0.2, -0.15) is 0 Å². The first-order valence-corrected chi connectivity index (χ1v) is 0. The van der Waals surface area contributed by atoms with E-state index in [0.717, 1.165) is 0 Å². The SMILES string of the molecule is [Cr].[Cr].[Cr].[Ti]. The van der Waals surface area contributed by atoms with E-state index >= 15 is 0 Å². The van der Waals surface area contributed by atoms with Crippen LogP contribution >= 0.6 is 0 Å². The molecule has 0 unspecified atom stereocenters. The molecule has 0 bridgehead atoms. The molecular formula is Cr3Ti. The second-order valence-corrected chi connectivity index (χ2v) is 0. The number of hydrogen-bond acceptors (Lipinski definition) is 0. The molecule has 22 valence electrons. The quantitative estimate of drug-likeness (QED) is 0.486. The summed E-state index contributed by atoms with van der Waals surface area (Å²) in [7, 11) is 0. The van der Waals surface area contributed by atoms with Gasteiger partial charge in [0.1, 0.15) is 0 Å². The molecule has 0 rings (SSSR count). The van der Waals surface area contributed by atoms with Gasteiger partial charge in [-0.05, 0) is 0 Å². The first-order chi connectivity index (χ1) is 0. The minimum Gasteiger partial charge on any atom is 0 e. The Balaban J connectivity index is 0. The minimum absolute atomic E-state index is 0. The molecule has 0 aromatic heterocycles. The van der Waals surface area contributed by atoms with Crippen molar-refractivity contribution in [3.05, 3.63) is 0 Å². The molecule has 0 heterocycles. The molecule has 0 aromatic rings. The molecule has 0 aromatic carbocycles. The summed E-state index contributed by atoms with van der Waals surface area (Å²) in [5, 5.41) is 0. The molecule has 4 heavy (non-hydrogen) atoms. The van der Waals surface area contributed by atoms with E-state index < -0.39 is 0 Å². The van der Waals surface area contributed by atoms with E-state index in [9.17, 15) is 0 Å². The Hall–Kier alpha value is 2.31. The maximum Gasteiger partial charge on any atom is 0 e. The van der Waals surface area contributed by atoms with Crippen LogP contribution in [0.2, 0.25) is 0 Å². The van der Waals surface area contributed by atoms with Crippen LogP contribution in [0.15, 0.2) is 0 Å². The molecule has 0 saturated heterocycles. The molecule has 0 radical (unpaired) electrons. The van der Waals surface area contributed by atoms with Crippen molar-refractivity contribution in [2.45, 2.75) is 0 Å².